The summed E-state index contributed by atoms with van der Waals surface area (Å²) in [6.45, 7) is 3.98. The zero-order valence-electron chi connectivity index (χ0n) is 19.0. The Morgan fingerprint density at radius 1 is 1.15 bits per heavy atom. The van der Waals surface area contributed by atoms with Crippen LogP contribution in [0.4, 0.5) is 5.69 Å². The quantitative estimate of drug-likeness (QED) is 0.504. The minimum Gasteiger partial charge on any atom is -0.359 e. The summed E-state index contributed by atoms with van der Waals surface area (Å²) >= 11 is 0. The number of likely N-dealkylation sites (N-methyl/N-ethyl adjacent to an activating group) is 2. The van der Waals surface area contributed by atoms with Crippen molar-refractivity contribution in [1.82, 2.24) is 20.3 Å². The number of nitrogens with zero attached hydrogens (tertiary/aromatic N) is 3. The van der Waals surface area contributed by atoms with Crippen molar-refractivity contribution in [2.24, 2.45) is 0 Å². The van der Waals surface area contributed by atoms with E-state index in [0.717, 1.165) is 48.6 Å². The molecule has 1 aliphatic rings. The van der Waals surface area contributed by atoms with Gasteiger partial charge >= 0.3 is 0 Å². The number of amides is 2. The van der Waals surface area contributed by atoms with Gasteiger partial charge in [0.2, 0.25) is 11.8 Å². The van der Waals surface area contributed by atoms with E-state index in [-0.39, 0.29) is 18.2 Å². The smallest absolute Gasteiger partial charge is 0.238 e. The normalized spacial score (nSPS) is 16.1. The third-order valence-electron chi connectivity index (χ3n) is 6.23. The molecule has 3 aromatic rings. The number of fused-ring (bicyclic) bond motifs is 3. The van der Waals surface area contributed by atoms with Crippen LogP contribution in [0.5, 0.6) is 0 Å². The Morgan fingerprint density at radius 3 is 2.67 bits per heavy atom. The monoisotopic (exact) mass is 451 g/mol. The van der Waals surface area contributed by atoms with Gasteiger partial charge in [-0.3, -0.25) is 14.5 Å². The maximum atomic E-state index is 12.8. The van der Waals surface area contributed by atoms with Crippen LogP contribution in [0.2, 0.25) is 0 Å². The molecular weight excluding hydrogens is 422 g/mol. The van der Waals surface area contributed by atoms with E-state index < -0.39 is 5.92 Å². The van der Waals surface area contributed by atoms with Crippen molar-refractivity contribution in [3.8, 4) is 0 Å². The zero-order chi connectivity index (χ0) is 23.4. The van der Waals surface area contributed by atoms with Crippen molar-refractivity contribution in [2.45, 2.75) is 18.8 Å². The molecule has 0 radical (unpaired) electrons. The molecule has 174 valence electrons. The summed E-state index contributed by atoms with van der Waals surface area (Å²) in [7, 11) is 3.64. The third-order valence-corrected chi connectivity index (χ3v) is 6.23. The SMILES string of the molecule is CNC(=O)C(CCC=O)c1noc2ccc3c(NC(=O)CN4CCN(C)CC4)cccc3c12. The Labute approximate surface area is 192 Å². The molecule has 1 fully saturated rings. The van der Waals surface area contributed by atoms with Crippen LogP contribution >= 0.6 is 0 Å². The molecule has 33 heavy (non-hydrogen) atoms. The van der Waals surface area contributed by atoms with E-state index in [0.29, 0.717) is 29.9 Å². The van der Waals surface area contributed by atoms with Gasteiger partial charge in [0.05, 0.1) is 17.8 Å². The minimum absolute atomic E-state index is 0.0630. The summed E-state index contributed by atoms with van der Waals surface area (Å²) in [5, 5.41) is 12.3. The number of hydrogen-bond donors (Lipinski definition) is 2. The highest BCUT2D eigenvalue weighted by Crippen LogP contribution is 2.36. The van der Waals surface area contributed by atoms with Gasteiger partial charge in [-0.05, 0) is 37.1 Å². The number of nitrogens with one attached hydrogen (secondary N) is 2. The van der Waals surface area contributed by atoms with Gasteiger partial charge in [0.15, 0.2) is 5.58 Å². The molecule has 1 unspecified atom stereocenters. The molecule has 2 N–H and O–H groups in total. The lowest BCUT2D eigenvalue weighted by molar-refractivity contribution is -0.122. The van der Waals surface area contributed by atoms with E-state index in [1.807, 2.05) is 24.3 Å². The number of benzene rings is 2. The lowest BCUT2D eigenvalue weighted by Gasteiger charge is -2.31. The molecule has 4 rings (SSSR count). The van der Waals surface area contributed by atoms with Gasteiger partial charge in [0, 0.05) is 50.7 Å². The first-order valence-corrected chi connectivity index (χ1v) is 11.2. The summed E-state index contributed by atoms with van der Waals surface area (Å²) in [6.07, 6.45) is 1.37. The predicted octanol–water partition coefficient (Wildman–Crippen LogP) is 1.98. The highest BCUT2D eigenvalue weighted by molar-refractivity contribution is 6.14. The zero-order valence-corrected chi connectivity index (χ0v) is 19.0. The second-order valence-electron chi connectivity index (χ2n) is 8.45. The second-order valence-corrected chi connectivity index (χ2v) is 8.45. The topological polar surface area (TPSA) is 108 Å². The lowest BCUT2D eigenvalue weighted by Crippen LogP contribution is -2.47. The second kappa shape index (κ2) is 10.1. The standard InChI is InChI=1S/C24H29N5O4/c1-25-24(32)18(6-4-14-30)23-22-17-5-3-7-19(16(17)8-9-20(22)33-27-23)26-21(31)15-29-12-10-28(2)11-13-29/h3,5,7-9,14,18H,4,6,10-13,15H2,1-2H3,(H,25,32)(H,26,31). The van der Waals surface area contributed by atoms with E-state index in [9.17, 15) is 14.4 Å². The molecule has 2 heterocycles. The van der Waals surface area contributed by atoms with Crippen molar-refractivity contribution in [3.05, 3.63) is 36.0 Å². The first-order valence-electron chi connectivity index (χ1n) is 11.2. The lowest BCUT2D eigenvalue weighted by atomic mass is 9.93. The van der Waals surface area contributed by atoms with Gasteiger partial charge < -0.3 is 24.9 Å². The molecule has 9 nitrogen and oxygen atoms in total. The van der Waals surface area contributed by atoms with Crippen LogP contribution in [0.25, 0.3) is 21.7 Å². The molecule has 1 aromatic heterocycles. The number of anilines is 1. The first-order chi connectivity index (χ1) is 16.0. The van der Waals surface area contributed by atoms with Crippen molar-refractivity contribution in [3.63, 3.8) is 0 Å². The molecule has 9 heteroatoms. The van der Waals surface area contributed by atoms with E-state index in [2.05, 4.69) is 32.6 Å². The third kappa shape index (κ3) is 4.89. The van der Waals surface area contributed by atoms with E-state index in [4.69, 9.17) is 4.52 Å². The number of hydrogen-bond acceptors (Lipinski definition) is 7. The van der Waals surface area contributed by atoms with Gasteiger partial charge in [-0.2, -0.15) is 0 Å². The van der Waals surface area contributed by atoms with Gasteiger partial charge in [0.1, 0.15) is 12.0 Å². The maximum absolute atomic E-state index is 12.8. The summed E-state index contributed by atoms with van der Waals surface area (Å²) in [4.78, 5) is 40.7. The summed E-state index contributed by atoms with van der Waals surface area (Å²) in [6, 6.07) is 9.34. The average Bonchev–Trinajstić information content (AvgIpc) is 3.25. The molecule has 2 aromatic carbocycles. The summed E-state index contributed by atoms with van der Waals surface area (Å²) < 4.78 is 5.53. The first kappa shape index (κ1) is 22.9. The van der Waals surface area contributed by atoms with E-state index in [1.165, 1.54) is 0 Å². The van der Waals surface area contributed by atoms with Crippen molar-refractivity contribution in [1.29, 1.82) is 0 Å². The Kier molecular flexibility index (Phi) is 7.00. The Hall–Kier alpha value is -3.30. The number of aldehydes is 1. The fourth-order valence-electron chi connectivity index (χ4n) is 4.37. The van der Waals surface area contributed by atoms with Crippen LogP contribution < -0.4 is 10.6 Å². The van der Waals surface area contributed by atoms with Crippen LogP contribution in [-0.2, 0) is 14.4 Å². The van der Waals surface area contributed by atoms with Crippen LogP contribution in [0, 0.1) is 0 Å². The van der Waals surface area contributed by atoms with E-state index in [1.54, 1.807) is 13.1 Å². The Balaban J connectivity index is 1.66. The maximum Gasteiger partial charge on any atom is 0.238 e. The van der Waals surface area contributed by atoms with Crippen molar-refractivity contribution >= 4 is 45.5 Å². The fourth-order valence-corrected chi connectivity index (χ4v) is 4.37. The Morgan fingerprint density at radius 2 is 1.94 bits per heavy atom. The van der Waals surface area contributed by atoms with Crippen LogP contribution in [0.3, 0.4) is 0 Å². The fraction of sp³-hybridized carbons (Fsp3) is 0.417. The molecule has 1 aliphatic heterocycles. The average molecular weight is 452 g/mol. The van der Waals surface area contributed by atoms with Gasteiger partial charge in [-0.1, -0.05) is 17.3 Å². The highest BCUT2D eigenvalue weighted by Gasteiger charge is 2.27. The van der Waals surface area contributed by atoms with Gasteiger partial charge in [-0.15, -0.1) is 0 Å². The van der Waals surface area contributed by atoms with Crippen molar-refractivity contribution < 1.29 is 18.9 Å². The molecule has 0 spiro atoms. The number of piperazine rings is 1. The number of rotatable bonds is 8. The molecule has 1 atom stereocenters. The summed E-state index contributed by atoms with van der Waals surface area (Å²) in [5.41, 5.74) is 1.75. The van der Waals surface area contributed by atoms with Crippen LogP contribution in [0.1, 0.15) is 24.5 Å². The predicted molar refractivity (Wildman–Crippen MR) is 126 cm³/mol. The molecule has 0 saturated carbocycles. The van der Waals surface area contributed by atoms with Gasteiger partial charge in [0.25, 0.3) is 0 Å². The number of aromatic nitrogens is 1. The molecule has 1 saturated heterocycles. The highest BCUT2D eigenvalue weighted by atomic mass is 16.5. The van der Waals surface area contributed by atoms with Crippen LogP contribution in [0.15, 0.2) is 34.9 Å². The number of carbonyl (C=O) groups is 3. The minimum atomic E-state index is -0.609. The molecule has 0 bridgehead atoms. The number of carbonyl (C=O) groups excluding carboxylic acids is 3. The largest absolute Gasteiger partial charge is 0.359 e. The van der Waals surface area contributed by atoms with Crippen LogP contribution in [-0.4, -0.2) is 79.9 Å². The molecule has 2 amide bonds. The summed E-state index contributed by atoms with van der Waals surface area (Å²) in [5.74, 6) is -0.893. The van der Waals surface area contributed by atoms with Crippen molar-refractivity contribution in [2.75, 3.05) is 52.1 Å². The van der Waals surface area contributed by atoms with Gasteiger partial charge in [-0.25, -0.2) is 0 Å². The Bertz CT molecular complexity index is 1170. The molecular formula is C24H29N5O4. The van der Waals surface area contributed by atoms with E-state index >= 15 is 0 Å². The molecule has 0 aliphatic carbocycles.